The molecular weight excluding hydrogens is 251 g/mol. The molecule has 0 spiro atoms. The van der Waals surface area contributed by atoms with Crippen LogP contribution in [0, 0.1) is 5.82 Å². The zero-order chi connectivity index (χ0) is 13.0. The van der Waals surface area contributed by atoms with Gasteiger partial charge in [0.15, 0.2) is 0 Å². The van der Waals surface area contributed by atoms with Gasteiger partial charge in [-0.3, -0.25) is 9.48 Å². The number of aromatic nitrogens is 2. The fourth-order valence-electron chi connectivity index (χ4n) is 1.53. The number of nitrogens with zero attached hydrogens (tertiary/aromatic N) is 2. The third-order valence-corrected chi connectivity index (χ3v) is 3.48. The Morgan fingerprint density at radius 1 is 1.39 bits per heavy atom. The normalized spacial score (nSPS) is 10.6. The molecule has 1 aromatic carbocycles. The van der Waals surface area contributed by atoms with Crippen LogP contribution in [0.25, 0.3) is 0 Å². The lowest BCUT2D eigenvalue weighted by Gasteiger charge is -2.01. The van der Waals surface area contributed by atoms with E-state index in [1.807, 2.05) is 13.1 Å². The lowest BCUT2D eigenvalue weighted by molar-refractivity contribution is -0.116. The molecule has 94 valence electrons. The summed E-state index contributed by atoms with van der Waals surface area (Å²) in [5.74, 6) is 0.0208. The molecule has 0 atom stereocenters. The molecular formula is C13H13FN2OS. The summed E-state index contributed by atoms with van der Waals surface area (Å²) < 4.78 is 15.0. The Hall–Kier alpha value is -1.62. The molecule has 0 bridgehead atoms. The predicted octanol–water partition coefficient (Wildman–Crippen LogP) is 2.46. The minimum atomic E-state index is -0.284. The predicted molar refractivity (Wildman–Crippen MR) is 69.0 cm³/mol. The van der Waals surface area contributed by atoms with E-state index in [0.29, 0.717) is 11.3 Å². The second kappa shape index (κ2) is 5.82. The molecule has 0 N–H and O–H groups in total. The molecule has 1 heterocycles. The third-order valence-electron chi connectivity index (χ3n) is 2.37. The first kappa shape index (κ1) is 12.8. The molecule has 2 rings (SSSR count). The van der Waals surface area contributed by atoms with Crippen LogP contribution < -0.4 is 0 Å². The maximum atomic E-state index is 13.3. The van der Waals surface area contributed by atoms with Gasteiger partial charge in [0.2, 0.25) is 0 Å². The summed E-state index contributed by atoms with van der Waals surface area (Å²) >= 11 is 1.22. The second-order valence-corrected chi connectivity index (χ2v) is 4.93. The minimum absolute atomic E-state index is 0.0435. The lowest BCUT2D eigenvalue weighted by atomic mass is 10.2. The molecule has 0 amide bonds. The van der Waals surface area contributed by atoms with Gasteiger partial charge in [0.05, 0.1) is 17.9 Å². The number of hydrogen-bond donors (Lipinski definition) is 0. The summed E-state index contributed by atoms with van der Waals surface area (Å²) in [5, 5.41) is 4.14. The van der Waals surface area contributed by atoms with E-state index >= 15 is 0 Å². The van der Waals surface area contributed by atoms with Crippen molar-refractivity contribution < 1.29 is 9.18 Å². The van der Waals surface area contributed by atoms with Gasteiger partial charge in [-0.25, -0.2) is 4.39 Å². The van der Waals surface area contributed by atoms with Crippen molar-refractivity contribution >= 4 is 17.5 Å². The van der Waals surface area contributed by atoms with Crippen LogP contribution in [0.5, 0.6) is 0 Å². The number of Topliss-reactive ketones (excluding diaryl/α,β-unsaturated/α-hetero) is 1. The van der Waals surface area contributed by atoms with Gasteiger partial charge in [-0.2, -0.15) is 5.10 Å². The fraction of sp³-hybridized carbons (Fsp3) is 0.231. The van der Waals surface area contributed by atoms with E-state index in [9.17, 15) is 9.18 Å². The highest BCUT2D eigenvalue weighted by Crippen LogP contribution is 2.21. The van der Waals surface area contributed by atoms with Crippen LogP contribution in [0.2, 0.25) is 0 Å². The number of aryl methyl sites for hydroxylation is 1. The van der Waals surface area contributed by atoms with E-state index in [1.165, 1.54) is 17.8 Å². The van der Waals surface area contributed by atoms with Crippen molar-refractivity contribution in [1.29, 1.82) is 0 Å². The Balaban J connectivity index is 1.87. The Morgan fingerprint density at radius 2 is 2.17 bits per heavy atom. The molecule has 0 fully saturated rings. The molecule has 0 aliphatic heterocycles. The van der Waals surface area contributed by atoms with Crippen LogP contribution in [0.3, 0.4) is 0 Å². The van der Waals surface area contributed by atoms with E-state index in [2.05, 4.69) is 5.10 Å². The second-order valence-electron chi connectivity index (χ2n) is 3.92. The van der Waals surface area contributed by atoms with Gasteiger partial charge in [-0.05, 0) is 18.2 Å². The molecule has 0 aliphatic rings. The highest BCUT2D eigenvalue weighted by Gasteiger charge is 2.08. The Labute approximate surface area is 109 Å². The van der Waals surface area contributed by atoms with Crippen molar-refractivity contribution in [2.75, 3.05) is 5.75 Å². The Bertz CT molecular complexity index is 553. The number of carbonyl (C=O) groups is 1. The summed E-state index contributed by atoms with van der Waals surface area (Å²) in [6.07, 6.45) is 2.09. The number of rotatable bonds is 5. The number of carbonyl (C=O) groups excluding carboxylic acids is 1. The first-order valence-corrected chi connectivity index (χ1v) is 6.51. The van der Waals surface area contributed by atoms with Gasteiger partial charge >= 0.3 is 0 Å². The number of ketones is 1. The van der Waals surface area contributed by atoms with Crippen molar-refractivity contribution in [2.24, 2.45) is 7.05 Å². The molecule has 5 heteroatoms. The van der Waals surface area contributed by atoms with Gasteiger partial charge in [0.25, 0.3) is 0 Å². The monoisotopic (exact) mass is 264 g/mol. The van der Waals surface area contributed by atoms with Crippen LogP contribution >= 0.6 is 11.8 Å². The summed E-state index contributed by atoms with van der Waals surface area (Å²) in [5.41, 5.74) is 0.747. The van der Waals surface area contributed by atoms with Crippen molar-refractivity contribution in [3.8, 4) is 0 Å². The number of benzene rings is 1. The largest absolute Gasteiger partial charge is 0.298 e. The molecule has 18 heavy (non-hydrogen) atoms. The number of halogens is 1. The molecule has 0 saturated heterocycles. The van der Waals surface area contributed by atoms with Gasteiger partial charge in [0, 0.05) is 18.1 Å². The molecule has 0 aliphatic carbocycles. The van der Waals surface area contributed by atoms with Crippen LogP contribution in [0.4, 0.5) is 4.39 Å². The van der Waals surface area contributed by atoms with Crippen molar-refractivity contribution in [3.63, 3.8) is 0 Å². The SMILES string of the molecule is Cn1ccc(CC(=O)CSc2ccccc2F)n1. The summed E-state index contributed by atoms with van der Waals surface area (Å²) in [6.45, 7) is 0. The van der Waals surface area contributed by atoms with Crippen LogP contribution in [0.1, 0.15) is 5.69 Å². The van der Waals surface area contributed by atoms with Crippen LogP contribution in [0.15, 0.2) is 41.4 Å². The zero-order valence-electron chi connectivity index (χ0n) is 9.97. The van der Waals surface area contributed by atoms with E-state index in [4.69, 9.17) is 0 Å². The van der Waals surface area contributed by atoms with E-state index < -0.39 is 0 Å². The zero-order valence-corrected chi connectivity index (χ0v) is 10.8. The maximum absolute atomic E-state index is 13.3. The highest BCUT2D eigenvalue weighted by molar-refractivity contribution is 8.00. The summed E-state index contributed by atoms with van der Waals surface area (Å²) in [6, 6.07) is 8.27. The highest BCUT2D eigenvalue weighted by atomic mass is 32.2. The van der Waals surface area contributed by atoms with Gasteiger partial charge in [0.1, 0.15) is 11.6 Å². The quantitative estimate of drug-likeness (QED) is 0.778. The van der Waals surface area contributed by atoms with E-state index in [-0.39, 0.29) is 17.4 Å². The van der Waals surface area contributed by atoms with E-state index in [0.717, 1.165) is 5.69 Å². The number of thioether (sulfide) groups is 1. The molecule has 2 aromatic rings. The average molecular weight is 264 g/mol. The molecule has 1 aromatic heterocycles. The Kier molecular flexibility index (Phi) is 4.15. The summed E-state index contributed by atoms with van der Waals surface area (Å²) in [4.78, 5) is 12.2. The average Bonchev–Trinajstić information content (AvgIpc) is 2.74. The van der Waals surface area contributed by atoms with Crippen LogP contribution in [-0.2, 0) is 18.3 Å². The topological polar surface area (TPSA) is 34.9 Å². The molecule has 0 radical (unpaired) electrons. The van der Waals surface area contributed by atoms with Crippen molar-refractivity contribution in [1.82, 2.24) is 9.78 Å². The first-order valence-electron chi connectivity index (χ1n) is 5.52. The maximum Gasteiger partial charge on any atom is 0.149 e. The minimum Gasteiger partial charge on any atom is -0.298 e. The lowest BCUT2D eigenvalue weighted by Crippen LogP contribution is -2.06. The van der Waals surface area contributed by atoms with Gasteiger partial charge in [-0.15, -0.1) is 11.8 Å². The van der Waals surface area contributed by atoms with Gasteiger partial charge < -0.3 is 0 Å². The van der Waals surface area contributed by atoms with Gasteiger partial charge in [-0.1, -0.05) is 12.1 Å². The molecule has 0 saturated carbocycles. The van der Waals surface area contributed by atoms with Crippen molar-refractivity contribution in [2.45, 2.75) is 11.3 Å². The van der Waals surface area contributed by atoms with Crippen molar-refractivity contribution in [3.05, 3.63) is 48.0 Å². The molecule has 3 nitrogen and oxygen atoms in total. The van der Waals surface area contributed by atoms with E-state index in [1.54, 1.807) is 29.1 Å². The smallest absolute Gasteiger partial charge is 0.149 e. The Morgan fingerprint density at radius 3 is 2.83 bits per heavy atom. The standard InChI is InChI=1S/C13H13FN2OS/c1-16-7-6-10(15-16)8-11(17)9-18-13-5-3-2-4-12(13)14/h2-7H,8-9H2,1H3. The number of hydrogen-bond acceptors (Lipinski definition) is 3. The fourth-order valence-corrected chi connectivity index (χ4v) is 2.33. The molecule has 0 unspecified atom stereocenters. The van der Waals surface area contributed by atoms with Crippen LogP contribution in [-0.4, -0.2) is 21.3 Å². The summed E-state index contributed by atoms with van der Waals surface area (Å²) in [7, 11) is 1.81. The first-order chi connectivity index (χ1) is 8.65. The third kappa shape index (κ3) is 3.43.